The number of ether oxygens (including phenoxy) is 1. The van der Waals surface area contributed by atoms with Crippen LogP contribution in [0.2, 0.25) is 0 Å². The normalized spacial score (nSPS) is 13.5. The summed E-state index contributed by atoms with van der Waals surface area (Å²) < 4.78 is 5.37. The molecule has 3 rings (SSSR count). The van der Waals surface area contributed by atoms with Crippen molar-refractivity contribution in [3.63, 3.8) is 0 Å². The lowest BCUT2D eigenvalue weighted by Crippen LogP contribution is -2.35. The third-order valence-electron chi connectivity index (χ3n) is 3.83. The summed E-state index contributed by atoms with van der Waals surface area (Å²) in [5.41, 5.74) is 2.60. The largest absolute Gasteiger partial charge is 0.379 e. The van der Waals surface area contributed by atoms with Crippen LogP contribution in [-0.2, 0) is 11.3 Å². The lowest BCUT2D eigenvalue weighted by molar-refractivity contribution is 0.0342. The van der Waals surface area contributed by atoms with Gasteiger partial charge in [0.05, 0.1) is 18.8 Å². The predicted octanol–water partition coefficient (Wildman–Crippen LogP) is 4.64. The number of rotatable bonds is 6. The molecule has 6 nitrogen and oxygen atoms in total. The van der Waals surface area contributed by atoms with E-state index in [1.165, 1.54) is 17.3 Å². The van der Waals surface area contributed by atoms with Crippen LogP contribution >= 0.6 is 11.8 Å². The van der Waals surface area contributed by atoms with Gasteiger partial charge in [-0.25, -0.2) is 9.97 Å². The minimum absolute atomic E-state index is 0.449. The first-order valence-corrected chi connectivity index (χ1v) is 11.0. The van der Waals surface area contributed by atoms with Crippen LogP contribution in [-0.4, -0.2) is 53.7 Å². The summed E-state index contributed by atoms with van der Waals surface area (Å²) in [6.45, 7) is 12.5. The Morgan fingerprint density at radius 2 is 1.79 bits per heavy atom. The van der Waals surface area contributed by atoms with Crippen LogP contribution in [0.4, 0.5) is 11.5 Å². The van der Waals surface area contributed by atoms with Gasteiger partial charge in [-0.05, 0) is 24.0 Å². The van der Waals surface area contributed by atoms with Crippen molar-refractivity contribution >= 4 is 29.6 Å². The standard InChI is InChI=1S/C17H20N4O2S.2C2H6/c1-24-17-18-10-14(12-22)16(20-17)19-15-4-2-13(3-5-15)11-21-6-8-23-9-7-21;2*1-2/h2-5,10,12H,6-9,11H2,1H3,(H,18,19,20);2*1-2H3. The highest BCUT2D eigenvalue weighted by atomic mass is 32.2. The average Bonchev–Trinajstić information content (AvgIpc) is 2.78. The summed E-state index contributed by atoms with van der Waals surface area (Å²) >= 11 is 1.44. The van der Waals surface area contributed by atoms with Crippen molar-refractivity contribution in [3.8, 4) is 0 Å². The number of carbonyl (C=O) groups is 1. The number of carbonyl (C=O) groups excluding carboxylic acids is 1. The van der Waals surface area contributed by atoms with E-state index in [-0.39, 0.29) is 0 Å². The van der Waals surface area contributed by atoms with Crippen molar-refractivity contribution in [2.75, 3.05) is 37.9 Å². The van der Waals surface area contributed by atoms with Crippen LogP contribution in [0.3, 0.4) is 0 Å². The number of nitrogens with zero attached hydrogens (tertiary/aromatic N) is 3. The highest BCUT2D eigenvalue weighted by molar-refractivity contribution is 7.98. The molecule has 1 saturated heterocycles. The third kappa shape index (κ3) is 7.58. The molecular weight excluding hydrogens is 372 g/mol. The first kappa shape index (κ1) is 24.1. The van der Waals surface area contributed by atoms with Gasteiger partial charge in [0, 0.05) is 31.5 Å². The number of nitrogens with one attached hydrogen (secondary N) is 1. The fraction of sp³-hybridized carbons (Fsp3) is 0.476. The van der Waals surface area contributed by atoms with Crippen molar-refractivity contribution in [2.24, 2.45) is 0 Å². The molecule has 0 radical (unpaired) electrons. The third-order valence-corrected chi connectivity index (χ3v) is 4.39. The highest BCUT2D eigenvalue weighted by Gasteiger charge is 2.11. The number of morpholine rings is 1. The van der Waals surface area contributed by atoms with Gasteiger partial charge < -0.3 is 10.1 Å². The Kier molecular flexibility index (Phi) is 12.1. The van der Waals surface area contributed by atoms with Gasteiger partial charge in [-0.15, -0.1) is 0 Å². The van der Waals surface area contributed by atoms with E-state index in [0.29, 0.717) is 16.5 Å². The summed E-state index contributed by atoms with van der Waals surface area (Å²) in [5, 5.41) is 3.83. The molecule has 1 aliphatic rings. The molecule has 2 heterocycles. The quantitative estimate of drug-likeness (QED) is 0.427. The first-order chi connectivity index (χ1) is 13.8. The highest BCUT2D eigenvalue weighted by Crippen LogP contribution is 2.21. The Labute approximate surface area is 173 Å². The topological polar surface area (TPSA) is 67.4 Å². The number of thioether (sulfide) groups is 1. The molecule has 7 heteroatoms. The van der Waals surface area contributed by atoms with E-state index < -0.39 is 0 Å². The lowest BCUT2D eigenvalue weighted by Gasteiger charge is -2.26. The Balaban J connectivity index is 0.000000921. The van der Waals surface area contributed by atoms with Gasteiger partial charge >= 0.3 is 0 Å². The SMILES string of the molecule is CC.CC.CSc1ncc(C=O)c(Nc2ccc(CN3CCOCC3)cc2)n1. The van der Waals surface area contributed by atoms with Crippen molar-refractivity contribution in [1.29, 1.82) is 0 Å². The number of aldehydes is 1. The summed E-state index contributed by atoms with van der Waals surface area (Å²) in [4.78, 5) is 22.0. The zero-order valence-electron chi connectivity index (χ0n) is 17.6. The molecule has 0 saturated carbocycles. The number of benzene rings is 1. The van der Waals surface area contributed by atoms with Crippen molar-refractivity contribution in [1.82, 2.24) is 14.9 Å². The van der Waals surface area contributed by atoms with Gasteiger partial charge in [-0.2, -0.15) is 0 Å². The van der Waals surface area contributed by atoms with Gasteiger partial charge in [0.25, 0.3) is 0 Å². The van der Waals surface area contributed by atoms with Gasteiger partial charge in [-0.3, -0.25) is 9.69 Å². The summed E-state index contributed by atoms with van der Waals surface area (Å²) in [6, 6.07) is 8.20. The molecule has 0 unspecified atom stereocenters. The molecule has 0 bridgehead atoms. The van der Waals surface area contributed by atoms with E-state index in [4.69, 9.17) is 4.74 Å². The Bertz CT molecular complexity index is 689. The molecule has 1 aliphatic heterocycles. The first-order valence-electron chi connectivity index (χ1n) is 9.81. The average molecular weight is 405 g/mol. The number of hydrogen-bond donors (Lipinski definition) is 1. The lowest BCUT2D eigenvalue weighted by atomic mass is 10.2. The van der Waals surface area contributed by atoms with Crippen LogP contribution in [0, 0.1) is 0 Å². The smallest absolute Gasteiger partial charge is 0.189 e. The molecular formula is C21H32N4O2S. The maximum absolute atomic E-state index is 11.2. The molecule has 154 valence electrons. The molecule has 0 atom stereocenters. The van der Waals surface area contributed by atoms with Crippen molar-refractivity contribution in [3.05, 3.63) is 41.6 Å². The van der Waals surface area contributed by atoms with Crippen LogP contribution in [0.5, 0.6) is 0 Å². The van der Waals surface area contributed by atoms with E-state index in [1.54, 1.807) is 6.20 Å². The van der Waals surface area contributed by atoms with Crippen LogP contribution in [0.25, 0.3) is 0 Å². The molecule has 0 amide bonds. The van der Waals surface area contributed by atoms with Crippen LogP contribution in [0.15, 0.2) is 35.6 Å². The van der Waals surface area contributed by atoms with Gasteiger partial charge in [0.15, 0.2) is 11.4 Å². The monoisotopic (exact) mass is 404 g/mol. The summed E-state index contributed by atoms with van der Waals surface area (Å²) in [6.07, 6.45) is 4.21. The molecule has 1 aromatic carbocycles. The molecule has 0 aliphatic carbocycles. The van der Waals surface area contributed by atoms with E-state index in [1.807, 2.05) is 46.1 Å². The van der Waals surface area contributed by atoms with E-state index in [9.17, 15) is 4.79 Å². The molecule has 28 heavy (non-hydrogen) atoms. The molecule has 1 N–H and O–H groups in total. The van der Waals surface area contributed by atoms with Crippen molar-refractivity contribution < 1.29 is 9.53 Å². The van der Waals surface area contributed by atoms with E-state index >= 15 is 0 Å². The second-order valence-electron chi connectivity index (χ2n) is 5.49. The van der Waals surface area contributed by atoms with Gasteiger partial charge in [0.1, 0.15) is 5.82 Å². The van der Waals surface area contributed by atoms with Gasteiger partial charge in [-0.1, -0.05) is 51.6 Å². The minimum atomic E-state index is 0.449. The maximum atomic E-state index is 11.2. The summed E-state index contributed by atoms with van der Waals surface area (Å²) in [7, 11) is 0. The Hall–Kier alpha value is -1.96. The zero-order chi connectivity index (χ0) is 20.8. The maximum Gasteiger partial charge on any atom is 0.189 e. The second kappa shape index (κ2) is 14.1. The fourth-order valence-electron chi connectivity index (χ4n) is 2.51. The van der Waals surface area contributed by atoms with Crippen molar-refractivity contribution in [2.45, 2.75) is 39.4 Å². The van der Waals surface area contributed by atoms with Crippen LogP contribution in [0.1, 0.15) is 43.6 Å². The minimum Gasteiger partial charge on any atom is -0.379 e. The summed E-state index contributed by atoms with van der Waals surface area (Å²) in [5.74, 6) is 0.533. The fourth-order valence-corrected chi connectivity index (χ4v) is 2.85. The molecule has 0 spiro atoms. The zero-order valence-corrected chi connectivity index (χ0v) is 18.4. The number of anilines is 2. The Morgan fingerprint density at radius 3 is 2.36 bits per heavy atom. The number of aromatic nitrogens is 2. The van der Waals surface area contributed by atoms with E-state index in [2.05, 4.69) is 32.3 Å². The number of hydrogen-bond acceptors (Lipinski definition) is 7. The van der Waals surface area contributed by atoms with Gasteiger partial charge in [0.2, 0.25) is 0 Å². The Morgan fingerprint density at radius 1 is 1.14 bits per heavy atom. The second-order valence-corrected chi connectivity index (χ2v) is 6.26. The predicted molar refractivity (Wildman–Crippen MR) is 118 cm³/mol. The molecule has 1 aromatic heterocycles. The van der Waals surface area contributed by atoms with Crippen LogP contribution < -0.4 is 5.32 Å². The van der Waals surface area contributed by atoms with E-state index in [0.717, 1.165) is 44.8 Å². The molecule has 2 aromatic rings. The molecule has 1 fully saturated rings.